The third-order valence-electron chi connectivity index (χ3n) is 4.55. The maximum Gasteiger partial charge on any atom is 0.128 e. The lowest BCUT2D eigenvalue weighted by atomic mass is 10.0. The van der Waals surface area contributed by atoms with Gasteiger partial charge in [0.25, 0.3) is 0 Å². The molecular formula is C15H25ClN4. The summed E-state index contributed by atoms with van der Waals surface area (Å²) in [6.07, 6.45) is 2.04. The van der Waals surface area contributed by atoms with Crippen molar-refractivity contribution in [3.63, 3.8) is 0 Å². The second-order valence-electron chi connectivity index (χ2n) is 5.91. The molecule has 112 valence electrons. The molecule has 0 aromatic carbocycles. The number of halogens is 1. The third-order valence-corrected chi connectivity index (χ3v) is 4.55. The second kappa shape index (κ2) is 6.74. The molecule has 4 nitrogen and oxygen atoms in total. The van der Waals surface area contributed by atoms with Crippen LogP contribution in [0.3, 0.4) is 0 Å². The van der Waals surface area contributed by atoms with Gasteiger partial charge in [-0.1, -0.05) is 6.07 Å². The van der Waals surface area contributed by atoms with E-state index in [1.165, 1.54) is 31.7 Å². The Morgan fingerprint density at radius 3 is 2.55 bits per heavy atom. The van der Waals surface area contributed by atoms with Gasteiger partial charge in [-0.15, -0.1) is 12.4 Å². The van der Waals surface area contributed by atoms with E-state index in [2.05, 4.69) is 46.2 Å². The first kappa shape index (κ1) is 15.5. The number of likely N-dealkylation sites (tertiary alicyclic amines) is 1. The van der Waals surface area contributed by atoms with Gasteiger partial charge in [0.05, 0.1) is 0 Å². The number of pyridine rings is 1. The molecule has 0 radical (unpaired) electrons. The summed E-state index contributed by atoms with van der Waals surface area (Å²) in [6.45, 7) is 9.10. The molecule has 3 heterocycles. The van der Waals surface area contributed by atoms with E-state index >= 15 is 0 Å². The van der Waals surface area contributed by atoms with Gasteiger partial charge in [0.15, 0.2) is 0 Å². The summed E-state index contributed by atoms with van der Waals surface area (Å²) in [7, 11) is 2.08. The van der Waals surface area contributed by atoms with Crippen molar-refractivity contribution in [2.75, 3.05) is 44.7 Å². The van der Waals surface area contributed by atoms with Crippen LogP contribution in [-0.4, -0.2) is 49.7 Å². The Kier molecular flexibility index (Phi) is 5.24. The first-order valence-corrected chi connectivity index (χ1v) is 7.35. The molecule has 1 N–H and O–H groups in total. The van der Waals surface area contributed by atoms with Gasteiger partial charge in [0.2, 0.25) is 0 Å². The minimum atomic E-state index is 0. The Morgan fingerprint density at radius 2 is 2.00 bits per heavy atom. The Morgan fingerprint density at radius 1 is 1.30 bits per heavy atom. The van der Waals surface area contributed by atoms with Crippen molar-refractivity contribution in [2.24, 2.45) is 11.8 Å². The number of rotatable bonds is 4. The predicted molar refractivity (Wildman–Crippen MR) is 85.6 cm³/mol. The van der Waals surface area contributed by atoms with E-state index in [4.69, 9.17) is 0 Å². The lowest BCUT2D eigenvalue weighted by Crippen LogP contribution is -2.25. The number of aromatic nitrogens is 1. The highest BCUT2D eigenvalue weighted by Gasteiger charge is 2.35. The molecule has 2 saturated heterocycles. The van der Waals surface area contributed by atoms with Crippen LogP contribution in [0, 0.1) is 11.8 Å². The third kappa shape index (κ3) is 3.25. The van der Waals surface area contributed by atoms with Crippen LogP contribution in [0.4, 0.5) is 5.82 Å². The summed E-state index contributed by atoms with van der Waals surface area (Å²) in [5.41, 5.74) is 1.33. The summed E-state index contributed by atoms with van der Waals surface area (Å²) in [5, 5.41) is 3.49. The van der Waals surface area contributed by atoms with Crippen LogP contribution in [0.25, 0.3) is 0 Å². The van der Waals surface area contributed by atoms with Gasteiger partial charge in [-0.05, 0) is 43.5 Å². The first-order valence-electron chi connectivity index (χ1n) is 7.35. The number of nitrogens with one attached hydrogen (secondary N) is 1. The molecule has 2 fully saturated rings. The standard InChI is InChI=1S/C15H24N4.ClH/c1-3-18(2)15-5-4-12(6-17-15)9-19-10-13-7-16-8-14(13)11-19;/h4-6,13-14,16H,3,7-11H2,1-2H3;1H/t13-,14+;. The van der Waals surface area contributed by atoms with Crippen LogP contribution >= 0.6 is 12.4 Å². The minimum Gasteiger partial charge on any atom is -0.360 e. The van der Waals surface area contributed by atoms with E-state index in [9.17, 15) is 0 Å². The zero-order chi connectivity index (χ0) is 13.2. The van der Waals surface area contributed by atoms with Gasteiger partial charge in [-0.25, -0.2) is 4.98 Å². The fraction of sp³-hybridized carbons (Fsp3) is 0.667. The summed E-state index contributed by atoms with van der Waals surface area (Å²) in [5.74, 6) is 2.81. The summed E-state index contributed by atoms with van der Waals surface area (Å²) in [4.78, 5) is 9.29. The minimum absolute atomic E-state index is 0. The van der Waals surface area contributed by atoms with Crippen molar-refractivity contribution in [3.05, 3.63) is 23.9 Å². The number of fused-ring (bicyclic) bond motifs is 1. The maximum atomic E-state index is 4.55. The van der Waals surface area contributed by atoms with E-state index in [0.29, 0.717) is 0 Å². The quantitative estimate of drug-likeness (QED) is 0.915. The molecule has 0 unspecified atom stereocenters. The van der Waals surface area contributed by atoms with E-state index in [0.717, 1.165) is 30.7 Å². The molecule has 0 saturated carbocycles. The van der Waals surface area contributed by atoms with Gasteiger partial charge in [0, 0.05) is 39.4 Å². The number of anilines is 1. The highest BCUT2D eigenvalue weighted by Crippen LogP contribution is 2.27. The fourth-order valence-electron chi connectivity index (χ4n) is 3.24. The van der Waals surface area contributed by atoms with Gasteiger partial charge < -0.3 is 10.2 Å². The molecule has 20 heavy (non-hydrogen) atoms. The van der Waals surface area contributed by atoms with Crippen molar-refractivity contribution in [1.29, 1.82) is 0 Å². The SMILES string of the molecule is CCN(C)c1ccc(CN2C[C@H]3CNC[C@H]3C2)cn1.Cl. The number of nitrogens with zero attached hydrogens (tertiary/aromatic N) is 3. The van der Waals surface area contributed by atoms with Crippen LogP contribution in [0.5, 0.6) is 0 Å². The molecule has 1 aromatic rings. The van der Waals surface area contributed by atoms with E-state index in [-0.39, 0.29) is 12.4 Å². The largest absolute Gasteiger partial charge is 0.360 e. The lowest BCUT2D eigenvalue weighted by molar-refractivity contribution is 0.305. The van der Waals surface area contributed by atoms with Crippen molar-refractivity contribution in [1.82, 2.24) is 15.2 Å². The fourth-order valence-corrected chi connectivity index (χ4v) is 3.24. The van der Waals surface area contributed by atoms with Crippen molar-refractivity contribution in [3.8, 4) is 0 Å². The van der Waals surface area contributed by atoms with Gasteiger partial charge in [-0.3, -0.25) is 4.90 Å². The Hall–Kier alpha value is -0.840. The monoisotopic (exact) mass is 296 g/mol. The number of hydrogen-bond donors (Lipinski definition) is 1. The zero-order valence-electron chi connectivity index (χ0n) is 12.4. The summed E-state index contributed by atoms with van der Waals surface area (Å²) >= 11 is 0. The van der Waals surface area contributed by atoms with E-state index in [1.54, 1.807) is 0 Å². The molecule has 0 bridgehead atoms. The van der Waals surface area contributed by atoms with Crippen molar-refractivity contribution >= 4 is 18.2 Å². The Labute approximate surface area is 128 Å². The molecule has 2 atom stereocenters. The second-order valence-corrected chi connectivity index (χ2v) is 5.91. The smallest absolute Gasteiger partial charge is 0.128 e. The van der Waals surface area contributed by atoms with Crippen molar-refractivity contribution < 1.29 is 0 Å². The number of hydrogen-bond acceptors (Lipinski definition) is 4. The van der Waals surface area contributed by atoms with Crippen LogP contribution < -0.4 is 10.2 Å². The van der Waals surface area contributed by atoms with Crippen LogP contribution in [0.15, 0.2) is 18.3 Å². The molecular weight excluding hydrogens is 272 g/mol. The van der Waals surface area contributed by atoms with Gasteiger partial charge in [0.1, 0.15) is 5.82 Å². The summed E-state index contributed by atoms with van der Waals surface area (Å²) < 4.78 is 0. The average Bonchev–Trinajstić information content (AvgIpc) is 2.99. The normalized spacial score (nSPS) is 25.3. The van der Waals surface area contributed by atoms with Crippen LogP contribution in [0.2, 0.25) is 0 Å². The molecule has 3 rings (SSSR count). The molecule has 2 aliphatic rings. The lowest BCUT2D eigenvalue weighted by Gasteiger charge is -2.18. The predicted octanol–water partition coefficient (Wildman–Crippen LogP) is 1.61. The highest BCUT2D eigenvalue weighted by atomic mass is 35.5. The molecule has 0 aliphatic carbocycles. The molecule has 2 aliphatic heterocycles. The molecule has 0 amide bonds. The first-order chi connectivity index (χ1) is 9.26. The maximum absolute atomic E-state index is 4.55. The average molecular weight is 297 g/mol. The Bertz CT molecular complexity index is 410. The van der Waals surface area contributed by atoms with E-state index in [1.807, 2.05) is 6.20 Å². The van der Waals surface area contributed by atoms with Crippen LogP contribution in [0.1, 0.15) is 12.5 Å². The molecule has 5 heteroatoms. The van der Waals surface area contributed by atoms with E-state index < -0.39 is 0 Å². The zero-order valence-corrected chi connectivity index (χ0v) is 13.2. The van der Waals surface area contributed by atoms with Gasteiger partial charge in [-0.2, -0.15) is 0 Å². The molecule has 1 aromatic heterocycles. The molecule has 0 spiro atoms. The Balaban J connectivity index is 0.00000147. The van der Waals surface area contributed by atoms with Crippen LogP contribution in [-0.2, 0) is 6.54 Å². The summed E-state index contributed by atoms with van der Waals surface area (Å²) in [6, 6.07) is 4.36. The topological polar surface area (TPSA) is 31.4 Å². The van der Waals surface area contributed by atoms with Crippen molar-refractivity contribution in [2.45, 2.75) is 13.5 Å². The van der Waals surface area contributed by atoms with Gasteiger partial charge >= 0.3 is 0 Å². The highest BCUT2D eigenvalue weighted by molar-refractivity contribution is 5.85.